The highest BCUT2D eigenvalue weighted by Gasteiger charge is 2.49. The number of benzene rings is 4. The molecule has 0 radical (unpaired) electrons. The van der Waals surface area contributed by atoms with Crippen molar-refractivity contribution < 1.29 is 38.3 Å². The van der Waals surface area contributed by atoms with Gasteiger partial charge < -0.3 is 33.5 Å². The summed E-state index contributed by atoms with van der Waals surface area (Å²) in [6.07, 6.45) is -3.79. The molecule has 0 amide bonds. The van der Waals surface area contributed by atoms with Crippen molar-refractivity contribution in [3.63, 3.8) is 0 Å². The normalized spacial score (nSPS) is 21.6. The predicted octanol–water partition coefficient (Wildman–Crippen LogP) is 5.79. The Bertz CT molecular complexity index is 1370. The molecule has 0 spiro atoms. The Labute approximate surface area is 258 Å². The standard InChI is InChI=1S/C36H38O8/c37-32(38)26-43-36-35(42-24-30-19-11-4-12-20-30)34(41-23-29-17-9-3-10-18-29)33(40-22-28-15-7-2-8-16-28)31(44-36)25-39-21-27-13-5-1-6-14-27/h1-20,31,33-36H,21-26H2,(H,37,38)/t31-,33-,34+,35+,36+/m1/s1. The van der Waals surface area contributed by atoms with E-state index in [0.717, 1.165) is 22.3 Å². The van der Waals surface area contributed by atoms with Gasteiger partial charge in [0.25, 0.3) is 0 Å². The maximum atomic E-state index is 11.6. The van der Waals surface area contributed by atoms with Gasteiger partial charge in [0.05, 0.1) is 33.0 Å². The zero-order valence-corrected chi connectivity index (χ0v) is 24.5. The number of ether oxygens (including phenoxy) is 6. The van der Waals surface area contributed by atoms with Gasteiger partial charge in [-0.05, 0) is 22.3 Å². The third-order valence-corrected chi connectivity index (χ3v) is 7.21. The summed E-state index contributed by atoms with van der Waals surface area (Å²) in [5.41, 5.74) is 3.93. The fraction of sp³-hybridized carbons (Fsp3) is 0.306. The summed E-state index contributed by atoms with van der Waals surface area (Å²) in [6, 6.07) is 39.3. The topological polar surface area (TPSA) is 92.7 Å². The number of aliphatic carboxylic acids is 1. The Morgan fingerprint density at radius 1 is 0.545 bits per heavy atom. The van der Waals surface area contributed by atoms with Gasteiger partial charge in [-0.15, -0.1) is 0 Å². The molecule has 0 aromatic heterocycles. The lowest BCUT2D eigenvalue weighted by molar-refractivity contribution is -0.327. The fourth-order valence-electron chi connectivity index (χ4n) is 5.03. The molecule has 0 unspecified atom stereocenters. The summed E-state index contributed by atoms with van der Waals surface area (Å²) in [5.74, 6) is -1.11. The van der Waals surface area contributed by atoms with E-state index < -0.39 is 43.3 Å². The summed E-state index contributed by atoms with van der Waals surface area (Å²) >= 11 is 0. The van der Waals surface area contributed by atoms with Crippen LogP contribution < -0.4 is 0 Å². The second-order valence-electron chi connectivity index (χ2n) is 10.5. The Kier molecular flexibility index (Phi) is 12.1. The molecule has 1 N–H and O–H groups in total. The van der Waals surface area contributed by atoms with Crippen molar-refractivity contribution in [2.45, 2.75) is 57.1 Å². The molecule has 1 heterocycles. The maximum absolute atomic E-state index is 11.6. The summed E-state index contributed by atoms with van der Waals surface area (Å²) in [5, 5.41) is 9.45. The first-order chi connectivity index (χ1) is 21.7. The Morgan fingerprint density at radius 3 is 1.41 bits per heavy atom. The first-order valence-corrected chi connectivity index (χ1v) is 14.7. The molecule has 4 aromatic carbocycles. The molecule has 1 saturated heterocycles. The van der Waals surface area contributed by atoms with Crippen molar-refractivity contribution in [1.82, 2.24) is 0 Å². The third-order valence-electron chi connectivity index (χ3n) is 7.21. The van der Waals surface area contributed by atoms with Gasteiger partial charge in [0.2, 0.25) is 0 Å². The van der Waals surface area contributed by atoms with Crippen LogP contribution >= 0.6 is 0 Å². The number of hydrogen-bond acceptors (Lipinski definition) is 7. The van der Waals surface area contributed by atoms with Crippen LogP contribution in [-0.2, 0) is 59.6 Å². The van der Waals surface area contributed by atoms with Gasteiger partial charge in [-0.25, -0.2) is 4.79 Å². The summed E-state index contributed by atoms with van der Waals surface area (Å²) < 4.78 is 37.9. The molecule has 8 nitrogen and oxygen atoms in total. The monoisotopic (exact) mass is 598 g/mol. The fourth-order valence-corrected chi connectivity index (χ4v) is 5.03. The second kappa shape index (κ2) is 16.8. The van der Waals surface area contributed by atoms with Crippen molar-refractivity contribution in [3.05, 3.63) is 144 Å². The highest BCUT2D eigenvalue weighted by molar-refractivity contribution is 5.68. The molecule has 5 atom stereocenters. The van der Waals surface area contributed by atoms with Crippen molar-refractivity contribution >= 4 is 5.97 Å². The largest absolute Gasteiger partial charge is 0.480 e. The minimum Gasteiger partial charge on any atom is -0.480 e. The highest BCUT2D eigenvalue weighted by Crippen LogP contribution is 2.31. The van der Waals surface area contributed by atoms with Crippen LogP contribution in [0.2, 0.25) is 0 Å². The zero-order valence-electron chi connectivity index (χ0n) is 24.5. The number of carboxylic acid groups (broad SMARTS) is 1. The van der Waals surface area contributed by atoms with E-state index in [0.29, 0.717) is 13.2 Å². The number of rotatable bonds is 16. The van der Waals surface area contributed by atoms with E-state index in [9.17, 15) is 9.90 Å². The molecule has 230 valence electrons. The average Bonchev–Trinajstić information content (AvgIpc) is 3.07. The molecule has 8 heteroatoms. The van der Waals surface area contributed by atoms with Crippen LogP contribution in [0.25, 0.3) is 0 Å². The van der Waals surface area contributed by atoms with Crippen LogP contribution in [0.5, 0.6) is 0 Å². The van der Waals surface area contributed by atoms with Crippen molar-refractivity contribution in [1.29, 1.82) is 0 Å². The molecule has 1 fully saturated rings. The van der Waals surface area contributed by atoms with Crippen LogP contribution in [0, 0.1) is 0 Å². The zero-order chi connectivity index (χ0) is 30.4. The van der Waals surface area contributed by atoms with Gasteiger partial charge in [0.1, 0.15) is 31.0 Å². The van der Waals surface area contributed by atoms with Gasteiger partial charge >= 0.3 is 5.97 Å². The maximum Gasteiger partial charge on any atom is 0.329 e. The van der Waals surface area contributed by atoms with Gasteiger partial charge in [-0.3, -0.25) is 0 Å². The van der Waals surface area contributed by atoms with Crippen LogP contribution in [0.15, 0.2) is 121 Å². The Hall–Kier alpha value is -3.89. The van der Waals surface area contributed by atoms with Crippen LogP contribution in [0.4, 0.5) is 0 Å². The van der Waals surface area contributed by atoms with E-state index in [1.54, 1.807) is 0 Å². The molecule has 0 bridgehead atoms. The number of hydrogen-bond donors (Lipinski definition) is 1. The molecule has 44 heavy (non-hydrogen) atoms. The Morgan fingerprint density at radius 2 is 0.955 bits per heavy atom. The molecule has 1 aliphatic heterocycles. The van der Waals surface area contributed by atoms with Crippen LogP contribution in [0.1, 0.15) is 22.3 Å². The van der Waals surface area contributed by atoms with Gasteiger partial charge in [0.15, 0.2) is 6.29 Å². The summed E-state index contributed by atoms with van der Waals surface area (Å²) in [7, 11) is 0. The minimum absolute atomic E-state index is 0.165. The highest BCUT2D eigenvalue weighted by atomic mass is 16.7. The third kappa shape index (κ3) is 9.56. The molecule has 1 aliphatic rings. The SMILES string of the molecule is O=C(O)CO[C@H]1O[C@H](COCc2ccccc2)[C@@H](OCc2ccccc2)[C@H](OCc2ccccc2)[C@@H]1OCc1ccccc1. The second-order valence-corrected chi connectivity index (χ2v) is 10.5. The molecular formula is C36H38O8. The molecule has 5 rings (SSSR count). The van der Waals surface area contributed by atoms with E-state index in [2.05, 4.69) is 0 Å². The number of carbonyl (C=O) groups is 1. The van der Waals surface area contributed by atoms with Crippen LogP contribution in [-0.4, -0.2) is 55.0 Å². The van der Waals surface area contributed by atoms with E-state index in [1.165, 1.54) is 0 Å². The molecular weight excluding hydrogens is 560 g/mol. The van der Waals surface area contributed by atoms with Crippen molar-refractivity contribution in [2.24, 2.45) is 0 Å². The first kappa shape index (κ1) is 31.5. The van der Waals surface area contributed by atoms with E-state index in [4.69, 9.17) is 28.4 Å². The van der Waals surface area contributed by atoms with Crippen molar-refractivity contribution in [3.8, 4) is 0 Å². The summed E-state index contributed by atoms with van der Waals surface area (Å²) in [6.45, 7) is 0.808. The van der Waals surface area contributed by atoms with E-state index in [-0.39, 0.29) is 19.8 Å². The molecule has 0 aliphatic carbocycles. The van der Waals surface area contributed by atoms with Gasteiger partial charge in [-0.2, -0.15) is 0 Å². The van der Waals surface area contributed by atoms with Crippen LogP contribution in [0.3, 0.4) is 0 Å². The smallest absolute Gasteiger partial charge is 0.329 e. The van der Waals surface area contributed by atoms with E-state index in [1.807, 2.05) is 121 Å². The minimum atomic E-state index is -1.11. The van der Waals surface area contributed by atoms with Gasteiger partial charge in [0, 0.05) is 0 Å². The first-order valence-electron chi connectivity index (χ1n) is 14.7. The quantitative estimate of drug-likeness (QED) is 0.173. The van der Waals surface area contributed by atoms with E-state index >= 15 is 0 Å². The lowest BCUT2D eigenvalue weighted by Crippen LogP contribution is -2.62. The lowest BCUT2D eigenvalue weighted by Gasteiger charge is -2.45. The predicted molar refractivity (Wildman–Crippen MR) is 163 cm³/mol. The molecule has 0 saturated carbocycles. The van der Waals surface area contributed by atoms with Gasteiger partial charge in [-0.1, -0.05) is 121 Å². The molecule has 4 aromatic rings. The van der Waals surface area contributed by atoms with Crippen molar-refractivity contribution in [2.75, 3.05) is 13.2 Å². The average molecular weight is 599 g/mol. The number of carboxylic acids is 1. The lowest BCUT2D eigenvalue weighted by atomic mass is 9.97. The Balaban J connectivity index is 1.42. The summed E-state index contributed by atoms with van der Waals surface area (Å²) in [4.78, 5) is 11.6.